The number of nitrogens with two attached hydrogens (primary N) is 1. The summed E-state index contributed by atoms with van der Waals surface area (Å²) in [5.74, 6) is -1.08. The van der Waals surface area contributed by atoms with Gasteiger partial charge in [0.25, 0.3) is 5.91 Å². The summed E-state index contributed by atoms with van der Waals surface area (Å²) < 4.78 is 5.21. The Labute approximate surface area is 145 Å². The second-order valence-electron chi connectivity index (χ2n) is 5.53. The predicted octanol–water partition coefficient (Wildman–Crippen LogP) is 3.72. The van der Waals surface area contributed by atoms with Crippen LogP contribution in [0.4, 0.5) is 11.4 Å². The van der Waals surface area contributed by atoms with E-state index in [-0.39, 0.29) is 5.56 Å². The zero-order valence-electron chi connectivity index (χ0n) is 13.7. The van der Waals surface area contributed by atoms with Crippen molar-refractivity contribution >= 4 is 34.9 Å². The number of esters is 1. The van der Waals surface area contributed by atoms with Crippen molar-refractivity contribution < 1.29 is 14.3 Å². The average Bonchev–Trinajstić information content (AvgIpc) is 2.53. The van der Waals surface area contributed by atoms with Gasteiger partial charge in [-0.15, -0.1) is 0 Å². The summed E-state index contributed by atoms with van der Waals surface area (Å²) in [4.78, 5) is 24.4. The number of halogens is 1. The number of benzene rings is 2. The van der Waals surface area contributed by atoms with Gasteiger partial charge in [0.2, 0.25) is 0 Å². The maximum Gasteiger partial charge on any atom is 0.341 e. The Bertz CT molecular complexity index is 790. The maximum absolute atomic E-state index is 12.2. The molecule has 0 fully saturated rings. The van der Waals surface area contributed by atoms with Crippen molar-refractivity contribution in [3.63, 3.8) is 0 Å². The van der Waals surface area contributed by atoms with Gasteiger partial charge in [-0.25, -0.2) is 4.79 Å². The van der Waals surface area contributed by atoms with Gasteiger partial charge in [0.05, 0.1) is 5.56 Å². The predicted molar refractivity (Wildman–Crippen MR) is 95.3 cm³/mol. The molecule has 0 aromatic heterocycles. The molecular weight excluding hydrogens is 328 g/mol. The number of nitrogens with one attached hydrogen (secondary N) is 1. The number of aryl methyl sites for hydroxylation is 2. The first kappa shape index (κ1) is 17.8. The van der Waals surface area contributed by atoms with Crippen LogP contribution in [-0.4, -0.2) is 18.0 Å². The first-order valence-electron chi connectivity index (χ1n) is 7.42. The highest BCUT2D eigenvalue weighted by Gasteiger charge is 2.21. The Morgan fingerprint density at radius 3 is 2.58 bits per heavy atom. The van der Waals surface area contributed by atoms with Crippen LogP contribution in [0.15, 0.2) is 36.4 Å². The van der Waals surface area contributed by atoms with Crippen molar-refractivity contribution in [3.8, 4) is 0 Å². The lowest BCUT2D eigenvalue weighted by Crippen LogP contribution is -2.30. The van der Waals surface area contributed by atoms with E-state index in [2.05, 4.69) is 5.32 Å². The molecule has 2 rings (SSSR count). The van der Waals surface area contributed by atoms with Crippen molar-refractivity contribution in [2.75, 3.05) is 11.1 Å². The fraction of sp³-hybridized carbons (Fsp3) is 0.222. The highest BCUT2D eigenvalue weighted by Crippen LogP contribution is 2.21. The van der Waals surface area contributed by atoms with Gasteiger partial charge in [-0.1, -0.05) is 29.8 Å². The fourth-order valence-corrected chi connectivity index (χ4v) is 2.27. The van der Waals surface area contributed by atoms with Gasteiger partial charge < -0.3 is 15.8 Å². The van der Waals surface area contributed by atoms with E-state index >= 15 is 0 Å². The Hall–Kier alpha value is -2.53. The monoisotopic (exact) mass is 346 g/mol. The summed E-state index contributed by atoms with van der Waals surface area (Å²) in [6.07, 6.45) is -0.976. The highest BCUT2D eigenvalue weighted by atomic mass is 35.5. The molecule has 126 valence electrons. The van der Waals surface area contributed by atoms with Crippen LogP contribution in [0.5, 0.6) is 0 Å². The zero-order chi connectivity index (χ0) is 17.9. The second-order valence-corrected chi connectivity index (χ2v) is 5.97. The first-order chi connectivity index (χ1) is 11.3. The minimum Gasteiger partial charge on any atom is -0.449 e. The normalized spacial score (nSPS) is 11.7. The molecule has 5 nitrogen and oxygen atoms in total. The van der Waals surface area contributed by atoms with Crippen LogP contribution in [-0.2, 0) is 9.53 Å². The summed E-state index contributed by atoms with van der Waals surface area (Å²) in [7, 11) is 0. The Balaban J connectivity index is 2.07. The van der Waals surface area contributed by atoms with Gasteiger partial charge in [0, 0.05) is 16.4 Å². The van der Waals surface area contributed by atoms with Crippen LogP contribution in [0.25, 0.3) is 0 Å². The summed E-state index contributed by atoms with van der Waals surface area (Å²) >= 11 is 5.93. The van der Waals surface area contributed by atoms with Crippen molar-refractivity contribution in [1.82, 2.24) is 0 Å². The molecule has 6 heteroatoms. The minimum absolute atomic E-state index is 0.244. The molecule has 24 heavy (non-hydrogen) atoms. The SMILES string of the molecule is Cc1ccc(Cl)cc1NC(=O)[C@H](C)OC(=O)c1cccc(C)c1N. The molecule has 1 atom stereocenters. The first-order valence-corrected chi connectivity index (χ1v) is 7.80. The summed E-state index contributed by atoms with van der Waals surface area (Å²) in [6.45, 7) is 5.14. The molecule has 0 aliphatic rings. The third kappa shape index (κ3) is 4.06. The number of rotatable bonds is 4. The van der Waals surface area contributed by atoms with Crippen LogP contribution < -0.4 is 11.1 Å². The number of ether oxygens (including phenoxy) is 1. The van der Waals surface area contributed by atoms with E-state index in [1.807, 2.05) is 6.92 Å². The molecule has 2 aromatic rings. The van der Waals surface area contributed by atoms with Gasteiger partial charge in [-0.05, 0) is 50.1 Å². The maximum atomic E-state index is 12.2. The number of nitrogen functional groups attached to an aromatic ring is 1. The molecule has 0 unspecified atom stereocenters. The molecule has 0 bridgehead atoms. The molecule has 0 saturated carbocycles. The number of para-hydroxylation sites is 1. The Kier molecular flexibility index (Phi) is 5.46. The van der Waals surface area contributed by atoms with Gasteiger partial charge in [-0.3, -0.25) is 4.79 Å². The largest absolute Gasteiger partial charge is 0.449 e. The van der Waals surface area contributed by atoms with E-state index < -0.39 is 18.0 Å². The Morgan fingerprint density at radius 2 is 1.88 bits per heavy atom. The molecule has 1 amide bonds. The van der Waals surface area contributed by atoms with E-state index in [0.717, 1.165) is 11.1 Å². The van der Waals surface area contributed by atoms with Crippen molar-refractivity contribution in [2.45, 2.75) is 26.9 Å². The minimum atomic E-state index is -0.976. The lowest BCUT2D eigenvalue weighted by molar-refractivity contribution is -0.123. The second kappa shape index (κ2) is 7.36. The van der Waals surface area contributed by atoms with E-state index in [4.69, 9.17) is 22.1 Å². The molecule has 2 aromatic carbocycles. The third-order valence-electron chi connectivity index (χ3n) is 3.65. The molecule has 0 saturated heterocycles. The van der Waals surface area contributed by atoms with Gasteiger partial charge in [-0.2, -0.15) is 0 Å². The molecule has 0 aliphatic carbocycles. The topological polar surface area (TPSA) is 81.4 Å². The number of anilines is 2. The number of carbonyl (C=O) groups excluding carboxylic acids is 2. The van der Waals surface area contributed by atoms with Crippen LogP contribution in [0, 0.1) is 13.8 Å². The molecule has 0 spiro atoms. The molecule has 0 aliphatic heterocycles. The lowest BCUT2D eigenvalue weighted by atomic mass is 10.1. The van der Waals surface area contributed by atoms with Crippen molar-refractivity contribution in [1.29, 1.82) is 0 Å². The van der Waals surface area contributed by atoms with Crippen LogP contribution in [0.1, 0.15) is 28.4 Å². The van der Waals surface area contributed by atoms with Crippen LogP contribution in [0.3, 0.4) is 0 Å². The highest BCUT2D eigenvalue weighted by molar-refractivity contribution is 6.31. The third-order valence-corrected chi connectivity index (χ3v) is 3.89. The molecule has 0 heterocycles. The lowest BCUT2D eigenvalue weighted by Gasteiger charge is -2.16. The van der Waals surface area contributed by atoms with Gasteiger partial charge >= 0.3 is 5.97 Å². The Morgan fingerprint density at radius 1 is 1.17 bits per heavy atom. The van der Waals surface area contributed by atoms with E-state index in [1.54, 1.807) is 43.3 Å². The van der Waals surface area contributed by atoms with E-state index in [9.17, 15) is 9.59 Å². The fourth-order valence-electron chi connectivity index (χ4n) is 2.10. The average molecular weight is 347 g/mol. The number of amides is 1. The number of carbonyl (C=O) groups is 2. The molecular formula is C18H19ClN2O3. The van der Waals surface area contributed by atoms with Gasteiger partial charge in [0.15, 0.2) is 6.10 Å². The summed E-state index contributed by atoms with van der Waals surface area (Å²) in [6, 6.07) is 10.2. The van der Waals surface area contributed by atoms with E-state index in [0.29, 0.717) is 16.4 Å². The zero-order valence-corrected chi connectivity index (χ0v) is 14.5. The van der Waals surface area contributed by atoms with E-state index in [1.165, 1.54) is 6.92 Å². The van der Waals surface area contributed by atoms with Crippen LogP contribution in [0.2, 0.25) is 5.02 Å². The number of hydrogen-bond acceptors (Lipinski definition) is 4. The van der Waals surface area contributed by atoms with Gasteiger partial charge in [0.1, 0.15) is 0 Å². The number of hydrogen-bond donors (Lipinski definition) is 2. The summed E-state index contributed by atoms with van der Waals surface area (Å²) in [5.41, 5.74) is 8.68. The van der Waals surface area contributed by atoms with Crippen LogP contribution >= 0.6 is 11.6 Å². The molecule has 0 radical (unpaired) electrons. The molecule has 3 N–H and O–H groups in total. The quantitative estimate of drug-likeness (QED) is 0.653. The smallest absolute Gasteiger partial charge is 0.341 e. The summed E-state index contributed by atoms with van der Waals surface area (Å²) in [5, 5.41) is 3.21. The van der Waals surface area contributed by atoms with Crippen molar-refractivity contribution in [2.24, 2.45) is 0 Å². The standard InChI is InChI=1S/C18H19ClN2O3/c1-10-7-8-13(19)9-15(10)21-17(22)12(3)24-18(23)14-6-4-5-11(2)16(14)20/h4-9,12H,20H2,1-3H3,(H,21,22)/t12-/m0/s1. The van der Waals surface area contributed by atoms with Crippen molar-refractivity contribution in [3.05, 3.63) is 58.1 Å².